The van der Waals surface area contributed by atoms with Gasteiger partial charge in [-0.15, -0.1) is 0 Å². The minimum atomic E-state index is 0.192. The Bertz CT molecular complexity index is 1200. The summed E-state index contributed by atoms with van der Waals surface area (Å²) in [5.41, 5.74) is 1.66. The van der Waals surface area contributed by atoms with E-state index in [0.717, 1.165) is 35.5 Å². The zero-order chi connectivity index (χ0) is 20.3. The second-order valence-corrected chi connectivity index (χ2v) is 7.11. The fourth-order valence-electron chi connectivity index (χ4n) is 3.72. The molecule has 7 heteroatoms. The van der Waals surface area contributed by atoms with Gasteiger partial charge in [-0.05, 0) is 48.9 Å². The zero-order valence-electron chi connectivity index (χ0n) is 16.2. The third kappa shape index (κ3) is 3.51. The molecule has 1 atom stereocenters. The minimum absolute atomic E-state index is 0.192. The standard InChI is InChI=1S/C23H19N5O2/c24-15-27-12-10-17(14-27)28-13-11-21-22(28)23(26-16-25-21)30-20-8-6-19(7-9-20)29-18-4-2-1-3-5-18/h1-9,11,13,16-17H,10,12,14H2/t17-/m0/s1. The molecule has 30 heavy (non-hydrogen) atoms. The molecule has 0 unspecified atom stereocenters. The van der Waals surface area contributed by atoms with Crippen molar-refractivity contribution in [3.05, 3.63) is 73.2 Å². The van der Waals surface area contributed by atoms with Crippen molar-refractivity contribution < 1.29 is 9.47 Å². The van der Waals surface area contributed by atoms with E-state index in [1.165, 1.54) is 6.33 Å². The summed E-state index contributed by atoms with van der Waals surface area (Å²) in [4.78, 5) is 10.5. The molecule has 5 rings (SSSR count). The van der Waals surface area contributed by atoms with Crippen molar-refractivity contribution in [2.45, 2.75) is 12.5 Å². The van der Waals surface area contributed by atoms with Gasteiger partial charge in [0.15, 0.2) is 6.19 Å². The van der Waals surface area contributed by atoms with E-state index in [2.05, 4.69) is 20.7 Å². The summed E-state index contributed by atoms with van der Waals surface area (Å²) in [5.74, 6) is 2.67. The van der Waals surface area contributed by atoms with E-state index < -0.39 is 0 Å². The number of nitrogens with zero attached hydrogens (tertiary/aromatic N) is 5. The Morgan fingerprint density at radius 3 is 2.37 bits per heavy atom. The number of rotatable bonds is 5. The van der Waals surface area contributed by atoms with Crippen LogP contribution in [0.25, 0.3) is 11.0 Å². The topological polar surface area (TPSA) is 76.2 Å². The second kappa shape index (κ2) is 7.76. The number of ether oxygens (including phenoxy) is 2. The molecule has 1 saturated heterocycles. The van der Waals surface area contributed by atoms with Crippen molar-refractivity contribution in [3.63, 3.8) is 0 Å². The summed E-state index contributed by atoms with van der Waals surface area (Å²) in [7, 11) is 0. The highest BCUT2D eigenvalue weighted by Gasteiger charge is 2.25. The molecule has 0 amide bonds. The van der Waals surface area contributed by atoms with Gasteiger partial charge in [0, 0.05) is 19.3 Å². The van der Waals surface area contributed by atoms with E-state index in [4.69, 9.17) is 14.7 Å². The van der Waals surface area contributed by atoms with Crippen molar-refractivity contribution >= 4 is 11.0 Å². The summed E-state index contributed by atoms with van der Waals surface area (Å²) < 4.78 is 14.1. The fraction of sp³-hybridized carbons (Fsp3) is 0.174. The van der Waals surface area contributed by atoms with Crippen LogP contribution in [0.5, 0.6) is 23.1 Å². The minimum Gasteiger partial charge on any atom is -0.457 e. The predicted octanol–water partition coefficient (Wildman–Crippen LogP) is 4.74. The monoisotopic (exact) mass is 397 g/mol. The maximum absolute atomic E-state index is 9.17. The Labute approximate surface area is 173 Å². The van der Waals surface area contributed by atoms with Crippen LogP contribution in [-0.4, -0.2) is 32.5 Å². The molecule has 3 heterocycles. The van der Waals surface area contributed by atoms with E-state index in [1.54, 1.807) is 4.90 Å². The van der Waals surface area contributed by atoms with Gasteiger partial charge in [0.1, 0.15) is 29.1 Å². The van der Waals surface area contributed by atoms with Crippen LogP contribution in [0.3, 0.4) is 0 Å². The van der Waals surface area contributed by atoms with Gasteiger partial charge in [-0.3, -0.25) is 0 Å². The molecule has 0 N–H and O–H groups in total. The van der Waals surface area contributed by atoms with Gasteiger partial charge in [-0.1, -0.05) is 18.2 Å². The number of hydrogen-bond acceptors (Lipinski definition) is 6. The maximum Gasteiger partial charge on any atom is 0.247 e. The molecule has 0 radical (unpaired) electrons. The Morgan fingerprint density at radius 2 is 1.63 bits per heavy atom. The molecule has 4 aromatic rings. The van der Waals surface area contributed by atoms with Crippen molar-refractivity contribution in [1.29, 1.82) is 5.26 Å². The van der Waals surface area contributed by atoms with Crippen LogP contribution in [0.4, 0.5) is 0 Å². The number of nitriles is 1. The number of likely N-dealkylation sites (tertiary alicyclic amines) is 1. The van der Waals surface area contributed by atoms with Gasteiger partial charge in [-0.2, -0.15) is 10.2 Å². The summed E-state index contributed by atoms with van der Waals surface area (Å²) >= 11 is 0. The van der Waals surface area contributed by atoms with E-state index in [9.17, 15) is 0 Å². The Morgan fingerprint density at radius 1 is 0.900 bits per heavy atom. The van der Waals surface area contributed by atoms with Crippen LogP contribution in [-0.2, 0) is 0 Å². The highest BCUT2D eigenvalue weighted by molar-refractivity contribution is 5.81. The number of aromatic nitrogens is 3. The molecular formula is C23H19N5O2. The SMILES string of the molecule is N#CN1CC[C@H](n2ccc3ncnc(Oc4ccc(Oc5ccccc5)cc4)c32)C1. The normalized spacial score (nSPS) is 15.8. The molecule has 0 bridgehead atoms. The molecule has 1 aliphatic rings. The molecule has 0 saturated carbocycles. The van der Waals surface area contributed by atoms with E-state index in [1.807, 2.05) is 66.9 Å². The predicted molar refractivity (Wildman–Crippen MR) is 111 cm³/mol. The zero-order valence-corrected chi connectivity index (χ0v) is 16.2. The number of para-hydroxylation sites is 1. The van der Waals surface area contributed by atoms with Gasteiger partial charge < -0.3 is 18.9 Å². The molecular weight excluding hydrogens is 378 g/mol. The van der Waals surface area contributed by atoms with Gasteiger partial charge in [0.2, 0.25) is 5.88 Å². The summed E-state index contributed by atoms with van der Waals surface area (Å²) in [5, 5.41) is 9.17. The lowest BCUT2D eigenvalue weighted by Gasteiger charge is -2.15. The molecule has 1 fully saturated rings. The van der Waals surface area contributed by atoms with E-state index in [-0.39, 0.29) is 6.04 Å². The van der Waals surface area contributed by atoms with Crippen molar-refractivity contribution in [2.75, 3.05) is 13.1 Å². The Hall–Kier alpha value is -4.05. The van der Waals surface area contributed by atoms with Crippen LogP contribution in [0.2, 0.25) is 0 Å². The third-order valence-corrected chi connectivity index (χ3v) is 5.18. The average molecular weight is 397 g/mol. The molecule has 2 aromatic carbocycles. The third-order valence-electron chi connectivity index (χ3n) is 5.18. The Kier molecular flexibility index (Phi) is 4.66. The molecule has 1 aliphatic heterocycles. The number of hydrogen-bond donors (Lipinski definition) is 0. The molecule has 7 nitrogen and oxygen atoms in total. The quantitative estimate of drug-likeness (QED) is 0.453. The van der Waals surface area contributed by atoms with Crippen molar-refractivity contribution in [3.8, 4) is 29.3 Å². The summed E-state index contributed by atoms with van der Waals surface area (Å²) in [6, 6.07) is 19.2. The van der Waals surface area contributed by atoms with Crippen LogP contribution in [0.15, 0.2) is 73.2 Å². The van der Waals surface area contributed by atoms with Crippen LogP contribution in [0.1, 0.15) is 12.5 Å². The first-order chi connectivity index (χ1) is 14.8. The highest BCUT2D eigenvalue weighted by atomic mass is 16.5. The largest absolute Gasteiger partial charge is 0.457 e. The van der Waals surface area contributed by atoms with Gasteiger partial charge in [0.25, 0.3) is 0 Å². The molecule has 2 aromatic heterocycles. The first-order valence-corrected chi connectivity index (χ1v) is 9.77. The molecule has 0 spiro atoms. The van der Waals surface area contributed by atoms with Crippen LogP contribution in [0, 0.1) is 11.5 Å². The molecule has 0 aliphatic carbocycles. The number of benzene rings is 2. The first-order valence-electron chi connectivity index (χ1n) is 9.77. The summed E-state index contributed by atoms with van der Waals surface area (Å²) in [6.45, 7) is 1.44. The van der Waals surface area contributed by atoms with Crippen LogP contribution >= 0.6 is 0 Å². The highest BCUT2D eigenvalue weighted by Crippen LogP contribution is 2.33. The Balaban J connectivity index is 1.39. The van der Waals surface area contributed by atoms with Crippen molar-refractivity contribution in [1.82, 2.24) is 19.4 Å². The lowest BCUT2D eigenvalue weighted by Crippen LogP contribution is -2.15. The van der Waals surface area contributed by atoms with E-state index in [0.29, 0.717) is 18.2 Å². The van der Waals surface area contributed by atoms with Crippen molar-refractivity contribution in [2.24, 2.45) is 0 Å². The maximum atomic E-state index is 9.17. The number of fused-ring (bicyclic) bond motifs is 1. The average Bonchev–Trinajstić information content (AvgIpc) is 3.43. The van der Waals surface area contributed by atoms with Gasteiger partial charge in [-0.25, -0.2) is 4.98 Å². The smallest absolute Gasteiger partial charge is 0.247 e. The first kappa shape index (κ1) is 18.0. The lowest BCUT2D eigenvalue weighted by atomic mass is 10.2. The van der Waals surface area contributed by atoms with E-state index >= 15 is 0 Å². The summed E-state index contributed by atoms with van der Waals surface area (Å²) in [6.07, 6.45) is 6.63. The van der Waals surface area contributed by atoms with Crippen LogP contribution < -0.4 is 9.47 Å². The van der Waals surface area contributed by atoms with Gasteiger partial charge >= 0.3 is 0 Å². The molecule has 148 valence electrons. The second-order valence-electron chi connectivity index (χ2n) is 7.11. The van der Waals surface area contributed by atoms with Gasteiger partial charge in [0.05, 0.1) is 11.6 Å². The lowest BCUT2D eigenvalue weighted by molar-refractivity contribution is 0.441. The fourth-order valence-corrected chi connectivity index (χ4v) is 3.72.